The van der Waals surface area contributed by atoms with Crippen molar-refractivity contribution in [2.45, 2.75) is 70.1 Å². The standard InChI is InChI=1S/C22H27N3O5/c1-4-21(2,3)23-17(26)13-30-20(29)22-12-11-18(27)25(22)16-8-6-5-7-15(16)19(28)24(22)14-9-10-14/h5-8,14H,4,9-13H2,1-3H3,(H,23,26)/t22-/m1/s1. The Morgan fingerprint density at radius 2 is 1.93 bits per heavy atom. The number of anilines is 1. The smallest absolute Gasteiger partial charge is 0.354 e. The summed E-state index contributed by atoms with van der Waals surface area (Å²) in [6.45, 7) is 5.26. The molecule has 1 N–H and O–H groups in total. The number of fused-ring (bicyclic) bond motifs is 3. The first-order valence-corrected chi connectivity index (χ1v) is 10.5. The van der Waals surface area contributed by atoms with Gasteiger partial charge in [0.25, 0.3) is 11.8 Å². The number of amides is 3. The van der Waals surface area contributed by atoms with Crippen LogP contribution in [0, 0.1) is 0 Å². The number of esters is 1. The topological polar surface area (TPSA) is 96.0 Å². The van der Waals surface area contributed by atoms with Gasteiger partial charge in [-0.25, -0.2) is 4.79 Å². The Morgan fingerprint density at radius 1 is 1.23 bits per heavy atom. The van der Waals surface area contributed by atoms with Gasteiger partial charge in [-0.2, -0.15) is 0 Å². The number of nitrogens with zero attached hydrogens (tertiary/aromatic N) is 2. The zero-order valence-electron chi connectivity index (χ0n) is 17.6. The van der Waals surface area contributed by atoms with Crippen molar-refractivity contribution >= 4 is 29.4 Å². The largest absolute Gasteiger partial charge is 0.452 e. The Hall–Kier alpha value is -2.90. The molecule has 2 heterocycles. The van der Waals surface area contributed by atoms with E-state index in [0.29, 0.717) is 11.3 Å². The molecule has 1 aromatic rings. The highest BCUT2D eigenvalue weighted by molar-refractivity contribution is 6.15. The number of hydrogen-bond acceptors (Lipinski definition) is 5. The molecule has 2 aliphatic heterocycles. The van der Waals surface area contributed by atoms with Crippen LogP contribution in [0.15, 0.2) is 24.3 Å². The molecule has 0 unspecified atom stereocenters. The second-order valence-corrected chi connectivity index (χ2v) is 8.83. The van der Waals surface area contributed by atoms with Gasteiger partial charge in [0.1, 0.15) is 0 Å². The summed E-state index contributed by atoms with van der Waals surface area (Å²) in [5.74, 6) is -1.64. The molecule has 160 valence electrons. The summed E-state index contributed by atoms with van der Waals surface area (Å²) in [6.07, 6.45) is 2.56. The average Bonchev–Trinajstić information content (AvgIpc) is 3.48. The van der Waals surface area contributed by atoms with Crippen molar-refractivity contribution in [2.24, 2.45) is 0 Å². The Morgan fingerprint density at radius 3 is 2.60 bits per heavy atom. The number of carbonyl (C=O) groups excluding carboxylic acids is 4. The SMILES string of the molecule is CCC(C)(C)NC(=O)COC(=O)[C@@]12CCC(=O)N1c1ccccc1C(=O)N2C1CC1. The van der Waals surface area contributed by atoms with Crippen LogP contribution in [0.5, 0.6) is 0 Å². The van der Waals surface area contributed by atoms with Gasteiger partial charge in [-0.15, -0.1) is 0 Å². The number of nitrogens with one attached hydrogen (secondary N) is 1. The van der Waals surface area contributed by atoms with Crippen molar-refractivity contribution in [2.75, 3.05) is 11.5 Å². The maximum Gasteiger partial charge on any atom is 0.354 e. The minimum absolute atomic E-state index is 0.111. The lowest BCUT2D eigenvalue weighted by Gasteiger charge is -2.48. The van der Waals surface area contributed by atoms with Crippen LogP contribution >= 0.6 is 0 Å². The van der Waals surface area contributed by atoms with Crippen LogP contribution in [-0.2, 0) is 19.1 Å². The number of hydrogen-bond donors (Lipinski definition) is 1. The summed E-state index contributed by atoms with van der Waals surface area (Å²) in [6, 6.07) is 6.72. The third-order valence-corrected chi connectivity index (χ3v) is 6.23. The monoisotopic (exact) mass is 413 g/mol. The fourth-order valence-electron chi connectivity index (χ4n) is 4.26. The molecule has 1 saturated heterocycles. The molecule has 1 saturated carbocycles. The third kappa shape index (κ3) is 3.14. The maximum atomic E-state index is 13.4. The minimum atomic E-state index is -1.52. The average molecular weight is 413 g/mol. The van der Waals surface area contributed by atoms with Crippen LogP contribution < -0.4 is 10.2 Å². The fraction of sp³-hybridized carbons (Fsp3) is 0.545. The van der Waals surface area contributed by atoms with Crippen LogP contribution in [0.2, 0.25) is 0 Å². The lowest BCUT2D eigenvalue weighted by molar-refractivity contribution is -0.160. The lowest BCUT2D eigenvalue weighted by atomic mass is 9.96. The first-order chi connectivity index (χ1) is 14.2. The second kappa shape index (κ2) is 7.11. The minimum Gasteiger partial charge on any atom is -0.452 e. The van der Waals surface area contributed by atoms with Gasteiger partial charge in [-0.3, -0.25) is 19.3 Å². The zero-order valence-corrected chi connectivity index (χ0v) is 17.6. The molecular formula is C22H27N3O5. The van der Waals surface area contributed by atoms with Crippen molar-refractivity contribution in [1.82, 2.24) is 10.2 Å². The van der Waals surface area contributed by atoms with Gasteiger partial charge in [-0.05, 0) is 45.2 Å². The first-order valence-electron chi connectivity index (χ1n) is 10.5. The molecule has 1 aliphatic carbocycles. The Kier molecular flexibility index (Phi) is 4.83. The number of rotatable bonds is 6. The Labute approximate surface area is 175 Å². The summed E-state index contributed by atoms with van der Waals surface area (Å²) < 4.78 is 5.42. The quantitative estimate of drug-likeness (QED) is 0.720. The van der Waals surface area contributed by atoms with Crippen LogP contribution in [-0.4, -0.2) is 52.4 Å². The van der Waals surface area contributed by atoms with E-state index in [1.807, 2.05) is 20.8 Å². The number of benzene rings is 1. The maximum absolute atomic E-state index is 13.4. The van der Waals surface area contributed by atoms with E-state index in [4.69, 9.17) is 4.74 Å². The van der Waals surface area contributed by atoms with E-state index in [2.05, 4.69) is 5.32 Å². The van der Waals surface area contributed by atoms with E-state index in [0.717, 1.165) is 19.3 Å². The number of para-hydroxylation sites is 1. The summed E-state index contributed by atoms with van der Waals surface area (Å²) in [5.41, 5.74) is -1.11. The highest BCUT2D eigenvalue weighted by Crippen LogP contribution is 2.49. The van der Waals surface area contributed by atoms with Crippen LogP contribution in [0.25, 0.3) is 0 Å². The molecule has 8 heteroatoms. The Bertz CT molecular complexity index is 923. The second-order valence-electron chi connectivity index (χ2n) is 8.83. The lowest BCUT2D eigenvalue weighted by Crippen LogP contribution is -2.69. The van der Waals surface area contributed by atoms with Crippen LogP contribution in [0.1, 0.15) is 63.2 Å². The summed E-state index contributed by atoms with van der Waals surface area (Å²) in [5, 5.41) is 2.82. The van der Waals surface area contributed by atoms with Crippen molar-refractivity contribution in [3.05, 3.63) is 29.8 Å². The van der Waals surface area contributed by atoms with E-state index in [9.17, 15) is 19.2 Å². The van der Waals surface area contributed by atoms with Gasteiger partial charge in [0.2, 0.25) is 11.6 Å². The van der Waals surface area contributed by atoms with Crippen LogP contribution in [0.3, 0.4) is 0 Å². The van der Waals surface area contributed by atoms with E-state index in [1.165, 1.54) is 9.80 Å². The molecule has 0 aromatic heterocycles. The molecule has 4 rings (SSSR count). The predicted molar refractivity (Wildman–Crippen MR) is 109 cm³/mol. The van der Waals surface area contributed by atoms with Crippen LogP contribution in [0.4, 0.5) is 5.69 Å². The van der Waals surface area contributed by atoms with Gasteiger partial charge in [0.15, 0.2) is 6.61 Å². The molecule has 1 atom stereocenters. The molecule has 3 amide bonds. The van der Waals surface area contributed by atoms with E-state index in [-0.39, 0.29) is 30.7 Å². The molecule has 0 spiro atoms. The third-order valence-electron chi connectivity index (χ3n) is 6.23. The van der Waals surface area contributed by atoms with E-state index in [1.54, 1.807) is 24.3 Å². The molecule has 2 fully saturated rings. The fourth-order valence-corrected chi connectivity index (χ4v) is 4.26. The molecular weight excluding hydrogens is 386 g/mol. The van der Waals surface area contributed by atoms with Crippen molar-refractivity contribution < 1.29 is 23.9 Å². The molecule has 0 radical (unpaired) electrons. The Balaban J connectivity index is 1.66. The molecule has 30 heavy (non-hydrogen) atoms. The molecule has 0 bridgehead atoms. The van der Waals surface area contributed by atoms with Crippen molar-refractivity contribution in [1.29, 1.82) is 0 Å². The summed E-state index contributed by atoms with van der Waals surface area (Å²) >= 11 is 0. The van der Waals surface area contributed by atoms with Crippen molar-refractivity contribution in [3.63, 3.8) is 0 Å². The first kappa shape index (κ1) is 20.4. The highest BCUT2D eigenvalue weighted by Gasteiger charge is 2.64. The van der Waals surface area contributed by atoms with Gasteiger partial charge < -0.3 is 15.0 Å². The van der Waals surface area contributed by atoms with Gasteiger partial charge in [0.05, 0.1) is 11.3 Å². The van der Waals surface area contributed by atoms with Gasteiger partial charge in [0, 0.05) is 24.4 Å². The number of carbonyl (C=O) groups is 4. The van der Waals surface area contributed by atoms with E-state index < -0.39 is 29.7 Å². The number of ether oxygens (including phenoxy) is 1. The predicted octanol–water partition coefficient (Wildman–Crippen LogP) is 1.98. The normalized spacial score (nSPS) is 23.2. The highest BCUT2D eigenvalue weighted by atomic mass is 16.5. The van der Waals surface area contributed by atoms with E-state index >= 15 is 0 Å². The molecule has 1 aromatic carbocycles. The molecule has 8 nitrogen and oxygen atoms in total. The zero-order chi connectivity index (χ0) is 21.7. The van der Waals surface area contributed by atoms with Crippen molar-refractivity contribution in [3.8, 4) is 0 Å². The van der Waals surface area contributed by atoms with Gasteiger partial charge >= 0.3 is 5.97 Å². The summed E-state index contributed by atoms with van der Waals surface area (Å²) in [4.78, 5) is 54.8. The van der Waals surface area contributed by atoms with Gasteiger partial charge in [-0.1, -0.05) is 19.1 Å². The molecule has 3 aliphatic rings. The summed E-state index contributed by atoms with van der Waals surface area (Å²) in [7, 11) is 0.